The fraction of sp³-hybridized carbons (Fsp3) is 0.960. The third-order valence-corrected chi connectivity index (χ3v) is 5.18. The molecule has 1 atom stereocenters. The maximum atomic E-state index is 12.2. The normalized spacial score (nSPS) is 15.3. The van der Waals surface area contributed by atoms with E-state index in [0.29, 0.717) is 19.4 Å². The average Bonchev–Trinajstić information content (AvgIpc) is 2.40. The third-order valence-electron chi connectivity index (χ3n) is 5.18. The van der Waals surface area contributed by atoms with Gasteiger partial charge in [0.2, 0.25) is 0 Å². The van der Waals surface area contributed by atoms with Crippen LogP contribution in [0.4, 0.5) is 0 Å². The molecule has 0 aliphatic carbocycles. The highest BCUT2D eigenvalue weighted by atomic mass is 16.6. The number of carbonyl (C=O) groups is 1. The van der Waals surface area contributed by atoms with E-state index in [1.165, 1.54) is 0 Å². The summed E-state index contributed by atoms with van der Waals surface area (Å²) in [4.78, 5) is 12.2. The van der Waals surface area contributed by atoms with Gasteiger partial charge in [0.05, 0.1) is 23.9 Å². The van der Waals surface area contributed by atoms with Crippen molar-refractivity contribution in [2.45, 2.75) is 139 Å². The predicted octanol–water partition coefficient (Wildman–Crippen LogP) is 6.94. The molecule has 0 aromatic carbocycles. The largest absolute Gasteiger partial charge is 0.460 e. The van der Waals surface area contributed by atoms with Gasteiger partial charge in [0, 0.05) is 12.8 Å². The molecule has 0 aromatic heterocycles. The Morgan fingerprint density at radius 2 is 1.31 bits per heavy atom. The van der Waals surface area contributed by atoms with Crippen molar-refractivity contribution in [2.75, 3.05) is 6.61 Å². The van der Waals surface area contributed by atoms with E-state index in [1.54, 1.807) is 0 Å². The van der Waals surface area contributed by atoms with Crippen molar-refractivity contribution >= 4 is 5.97 Å². The van der Waals surface area contributed by atoms with Crippen LogP contribution in [0.1, 0.15) is 116 Å². The molecule has 0 aliphatic rings. The minimum atomic E-state index is -0.525. The molecule has 174 valence electrons. The SMILES string of the molecule is CC(OC(C)(C)C)C(C)(C)CC(C)(C)OCCC(C)(C)OC(=O)CCC(C)(C)C. The molecule has 29 heavy (non-hydrogen) atoms. The van der Waals surface area contributed by atoms with Crippen LogP contribution in [0.15, 0.2) is 0 Å². The van der Waals surface area contributed by atoms with Crippen molar-refractivity contribution in [1.82, 2.24) is 0 Å². The highest BCUT2D eigenvalue weighted by Crippen LogP contribution is 2.36. The van der Waals surface area contributed by atoms with Gasteiger partial charge < -0.3 is 14.2 Å². The first-order chi connectivity index (χ1) is 12.6. The zero-order valence-electron chi connectivity index (χ0n) is 21.7. The summed E-state index contributed by atoms with van der Waals surface area (Å²) in [6.45, 7) is 28.0. The molecular formula is C25H50O4. The second kappa shape index (κ2) is 10.1. The lowest BCUT2D eigenvalue weighted by Gasteiger charge is -2.41. The topological polar surface area (TPSA) is 44.8 Å². The Labute approximate surface area is 181 Å². The molecule has 0 radical (unpaired) electrons. The van der Waals surface area contributed by atoms with Crippen LogP contribution in [0.3, 0.4) is 0 Å². The summed E-state index contributed by atoms with van der Waals surface area (Å²) >= 11 is 0. The molecular weight excluding hydrogens is 364 g/mol. The van der Waals surface area contributed by atoms with E-state index >= 15 is 0 Å². The summed E-state index contributed by atoms with van der Waals surface area (Å²) in [5.41, 5.74) is -0.861. The summed E-state index contributed by atoms with van der Waals surface area (Å²) < 4.78 is 18.1. The summed E-state index contributed by atoms with van der Waals surface area (Å²) in [5, 5.41) is 0. The van der Waals surface area contributed by atoms with Crippen LogP contribution in [-0.2, 0) is 19.0 Å². The molecule has 0 heterocycles. The van der Waals surface area contributed by atoms with E-state index in [2.05, 4.69) is 76.2 Å². The van der Waals surface area contributed by atoms with Gasteiger partial charge in [0.1, 0.15) is 5.60 Å². The second-order valence-electron chi connectivity index (χ2n) is 12.7. The summed E-state index contributed by atoms with van der Waals surface area (Å²) in [6, 6.07) is 0. The molecule has 0 amide bonds. The summed E-state index contributed by atoms with van der Waals surface area (Å²) in [5.74, 6) is -0.126. The van der Waals surface area contributed by atoms with Crippen LogP contribution in [0.5, 0.6) is 0 Å². The lowest BCUT2D eigenvalue weighted by molar-refractivity contribution is -0.161. The average molecular weight is 415 g/mol. The Kier molecular flexibility index (Phi) is 9.92. The van der Waals surface area contributed by atoms with Gasteiger partial charge in [-0.25, -0.2) is 0 Å². The maximum Gasteiger partial charge on any atom is 0.306 e. The van der Waals surface area contributed by atoms with Crippen molar-refractivity contribution in [3.8, 4) is 0 Å². The van der Waals surface area contributed by atoms with Gasteiger partial charge in [-0.3, -0.25) is 4.79 Å². The van der Waals surface area contributed by atoms with Crippen molar-refractivity contribution in [3.63, 3.8) is 0 Å². The molecule has 1 unspecified atom stereocenters. The molecule has 0 N–H and O–H groups in total. The van der Waals surface area contributed by atoms with Gasteiger partial charge in [-0.1, -0.05) is 34.6 Å². The van der Waals surface area contributed by atoms with Crippen LogP contribution in [0.25, 0.3) is 0 Å². The van der Waals surface area contributed by atoms with Crippen molar-refractivity contribution in [2.24, 2.45) is 10.8 Å². The van der Waals surface area contributed by atoms with Gasteiger partial charge in [-0.05, 0) is 79.1 Å². The molecule has 4 nitrogen and oxygen atoms in total. The van der Waals surface area contributed by atoms with Gasteiger partial charge in [0.25, 0.3) is 0 Å². The summed E-state index contributed by atoms with van der Waals surface area (Å²) in [7, 11) is 0. The fourth-order valence-electron chi connectivity index (χ4n) is 3.44. The number of rotatable bonds is 11. The Hall–Kier alpha value is -0.610. The number of hydrogen-bond donors (Lipinski definition) is 0. The van der Waals surface area contributed by atoms with Crippen LogP contribution in [0, 0.1) is 10.8 Å². The Morgan fingerprint density at radius 3 is 1.76 bits per heavy atom. The lowest BCUT2D eigenvalue weighted by Crippen LogP contribution is -2.42. The molecule has 0 spiro atoms. The Morgan fingerprint density at radius 1 is 0.793 bits per heavy atom. The van der Waals surface area contributed by atoms with Gasteiger partial charge in [0.15, 0.2) is 0 Å². The Bertz CT molecular complexity index is 504. The van der Waals surface area contributed by atoms with E-state index < -0.39 is 5.60 Å². The van der Waals surface area contributed by atoms with Gasteiger partial charge in [-0.2, -0.15) is 0 Å². The number of esters is 1. The molecule has 0 fully saturated rings. The van der Waals surface area contributed by atoms with E-state index in [9.17, 15) is 4.79 Å². The van der Waals surface area contributed by atoms with E-state index in [-0.39, 0.29) is 34.1 Å². The van der Waals surface area contributed by atoms with Crippen molar-refractivity contribution < 1.29 is 19.0 Å². The first kappa shape index (κ1) is 28.4. The van der Waals surface area contributed by atoms with E-state index in [4.69, 9.17) is 14.2 Å². The van der Waals surface area contributed by atoms with Crippen LogP contribution >= 0.6 is 0 Å². The zero-order valence-corrected chi connectivity index (χ0v) is 21.7. The predicted molar refractivity (Wildman–Crippen MR) is 122 cm³/mol. The number of hydrogen-bond acceptors (Lipinski definition) is 4. The number of ether oxygens (including phenoxy) is 3. The zero-order chi connectivity index (χ0) is 23.3. The van der Waals surface area contributed by atoms with Crippen LogP contribution < -0.4 is 0 Å². The van der Waals surface area contributed by atoms with Crippen LogP contribution in [0.2, 0.25) is 0 Å². The standard InChI is InChI=1S/C25H50O4/c1-19(28-22(5,6)7)23(8,9)18-25(12,13)27-17-16-24(10,11)29-20(26)14-15-21(2,3)4/h19H,14-18H2,1-13H3. The van der Waals surface area contributed by atoms with E-state index in [0.717, 1.165) is 12.8 Å². The second-order valence-corrected chi connectivity index (χ2v) is 12.7. The van der Waals surface area contributed by atoms with Gasteiger partial charge in [-0.15, -0.1) is 0 Å². The maximum absolute atomic E-state index is 12.2. The first-order valence-electron chi connectivity index (χ1n) is 11.2. The fourth-order valence-corrected chi connectivity index (χ4v) is 3.44. The van der Waals surface area contributed by atoms with E-state index in [1.807, 2.05) is 13.8 Å². The highest BCUT2D eigenvalue weighted by Gasteiger charge is 2.36. The minimum absolute atomic E-state index is 0.0221. The van der Waals surface area contributed by atoms with Crippen molar-refractivity contribution in [3.05, 3.63) is 0 Å². The van der Waals surface area contributed by atoms with Crippen molar-refractivity contribution in [1.29, 1.82) is 0 Å². The minimum Gasteiger partial charge on any atom is -0.460 e. The third kappa shape index (κ3) is 14.1. The molecule has 0 bridgehead atoms. The lowest BCUT2D eigenvalue weighted by atomic mass is 9.77. The monoisotopic (exact) mass is 414 g/mol. The Balaban J connectivity index is 4.59. The molecule has 0 rings (SSSR count). The summed E-state index contributed by atoms with van der Waals surface area (Å²) in [6.07, 6.45) is 2.95. The van der Waals surface area contributed by atoms with Crippen LogP contribution in [-0.4, -0.2) is 35.5 Å². The molecule has 0 saturated carbocycles. The molecule has 0 saturated heterocycles. The molecule has 0 aliphatic heterocycles. The molecule has 4 heteroatoms. The quantitative estimate of drug-likeness (QED) is 0.343. The smallest absolute Gasteiger partial charge is 0.306 e. The molecule has 0 aromatic rings. The number of carbonyl (C=O) groups excluding carboxylic acids is 1. The highest BCUT2D eigenvalue weighted by molar-refractivity contribution is 5.69. The first-order valence-corrected chi connectivity index (χ1v) is 11.2. The van der Waals surface area contributed by atoms with Gasteiger partial charge >= 0.3 is 5.97 Å².